The van der Waals surface area contributed by atoms with Gasteiger partial charge in [-0.05, 0) is 13.0 Å². The average molecular weight is 380 g/mol. The molecular weight excluding hydrogens is 366 g/mol. The Balaban J connectivity index is 1.98. The van der Waals surface area contributed by atoms with E-state index < -0.39 is 23.2 Å². The van der Waals surface area contributed by atoms with Crippen LogP contribution in [0.15, 0.2) is 43.2 Å². The third kappa shape index (κ3) is 4.00. The highest BCUT2D eigenvalue weighted by Gasteiger charge is 2.38. The van der Waals surface area contributed by atoms with Gasteiger partial charge in [0.25, 0.3) is 0 Å². The highest BCUT2D eigenvalue weighted by Crippen LogP contribution is 2.33. The third-order valence-electron chi connectivity index (χ3n) is 4.17. The molecule has 2 atom stereocenters. The van der Waals surface area contributed by atoms with Crippen LogP contribution in [0.3, 0.4) is 0 Å². The number of halogens is 2. The van der Waals surface area contributed by atoms with Crippen molar-refractivity contribution in [3.63, 3.8) is 0 Å². The Bertz CT molecular complexity index is 1070. The topological polar surface area (TPSA) is 101 Å². The summed E-state index contributed by atoms with van der Waals surface area (Å²) < 4.78 is 29.1. The van der Waals surface area contributed by atoms with E-state index >= 15 is 0 Å². The van der Waals surface area contributed by atoms with E-state index in [1.807, 2.05) is 0 Å². The van der Waals surface area contributed by atoms with Gasteiger partial charge in [0.2, 0.25) is 5.82 Å². The minimum Gasteiger partial charge on any atom is -0.382 e. The van der Waals surface area contributed by atoms with E-state index in [-0.39, 0.29) is 17.9 Å². The van der Waals surface area contributed by atoms with Gasteiger partial charge in [-0.3, -0.25) is 0 Å². The first-order valence-corrected chi connectivity index (χ1v) is 8.16. The molecule has 140 valence electrons. The molecule has 2 aromatic heterocycles. The quantitative estimate of drug-likeness (QED) is 0.693. The molecule has 0 aliphatic rings. The second-order valence-electron chi connectivity index (χ2n) is 6.04. The largest absolute Gasteiger partial charge is 0.382 e. The molecule has 0 fully saturated rings. The number of benzene rings is 1. The van der Waals surface area contributed by atoms with E-state index in [0.29, 0.717) is 11.6 Å². The van der Waals surface area contributed by atoms with Gasteiger partial charge < -0.3 is 5.11 Å². The summed E-state index contributed by atoms with van der Waals surface area (Å²) in [4.78, 5) is 11.5. The molecule has 1 N–H and O–H groups in total. The lowest BCUT2D eigenvalue weighted by atomic mass is 9.82. The van der Waals surface area contributed by atoms with Crippen molar-refractivity contribution in [3.05, 3.63) is 71.8 Å². The highest BCUT2D eigenvalue weighted by atomic mass is 19.1. The zero-order chi connectivity index (χ0) is 20.1. The lowest BCUT2D eigenvalue weighted by Gasteiger charge is -2.32. The van der Waals surface area contributed by atoms with Gasteiger partial charge in [-0.2, -0.15) is 10.4 Å². The van der Waals surface area contributed by atoms with Gasteiger partial charge in [-0.1, -0.05) is 17.9 Å². The Morgan fingerprint density at radius 2 is 2.04 bits per heavy atom. The van der Waals surface area contributed by atoms with Crippen LogP contribution >= 0.6 is 0 Å². The van der Waals surface area contributed by atoms with Crippen molar-refractivity contribution in [1.29, 1.82) is 5.26 Å². The zero-order valence-electron chi connectivity index (χ0n) is 14.7. The molecule has 1 aromatic carbocycles. The van der Waals surface area contributed by atoms with E-state index in [2.05, 4.69) is 31.9 Å². The second-order valence-corrected chi connectivity index (χ2v) is 6.04. The number of hydrogen-bond donors (Lipinski definition) is 1. The molecule has 0 amide bonds. The van der Waals surface area contributed by atoms with Crippen LogP contribution in [0.5, 0.6) is 0 Å². The van der Waals surface area contributed by atoms with Gasteiger partial charge in [-0.25, -0.2) is 28.4 Å². The third-order valence-corrected chi connectivity index (χ3v) is 4.17. The Kier molecular flexibility index (Phi) is 5.39. The Labute approximate surface area is 159 Å². The molecule has 9 heteroatoms. The molecule has 3 rings (SSSR count). The normalized spacial score (nSPS) is 13.7. The van der Waals surface area contributed by atoms with E-state index in [0.717, 1.165) is 6.07 Å². The minimum atomic E-state index is -1.81. The molecule has 0 radical (unpaired) electrons. The fourth-order valence-corrected chi connectivity index (χ4v) is 2.62. The maximum Gasteiger partial charge on any atom is 0.232 e. The van der Waals surface area contributed by atoms with Crippen LogP contribution < -0.4 is 0 Å². The van der Waals surface area contributed by atoms with Gasteiger partial charge >= 0.3 is 0 Å². The first-order valence-electron chi connectivity index (χ1n) is 8.16. The summed E-state index contributed by atoms with van der Waals surface area (Å²) in [6.07, 6.45) is 5.41. The summed E-state index contributed by atoms with van der Waals surface area (Å²) in [7, 11) is 0. The van der Waals surface area contributed by atoms with Crippen LogP contribution in [-0.2, 0) is 12.1 Å². The molecule has 0 aliphatic heterocycles. The monoisotopic (exact) mass is 380 g/mol. The summed E-state index contributed by atoms with van der Waals surface area (Å²) in [6, 6.07) is 4.76. The van der Waals surface area contributed by atoms with Gasteiger partial charge in [0.05, 0.1) is 18.0 Å². The van der Waals surface area contributed by atoms with Gasteiger partial charge in [-0.15, -0.1) is 0 Å². The van der Waals surface area contributed by atoms with E-state index in [4.69, 9.17) is 5.26 Å². The molecule has 2 heterocycles. The fraction of sp³-hybridized carbons (Fsp3) is 0.211. The molecule has 0 unspecified atom stereocenters. The van der Waals surface area contributed by atoms with Crippen molar-refractivity contribution in [2.24, 2.45) is 5.92 Å². The molecule has 28 heavy (non-hydrogen) atoms. The van der Waals surface area contributed by atoms with Crippen LogP contribution in [0, 0.1) is 40.7 Å². The highest BCUT2D eigenvalue weighted by molar-refractivity contribution is 5.34. The molecular formula is C19H14F2N6O. The Morgan fingerprint density at radius 3 is 2.64 bits per heavy atom. The lowest BCUT2D eigenvalue weighted by molar-refractivity contribution is -0.0191. The first-order chi connectivity index (χ1) is 13.4. The predicted molar refractivity (Wildman–Crippen MR) is 93.1 cm³/mol. The Hall–Kier alpha value is -3.69. The number of nitrogens with zero attached hydrogens (tertiary/aromatic N) is 6. The fourth-order valence-electron chi connectivity index (χ4n) is 2.62. The molecule has 7 nitrogen and oxygen atoms in total. The summed E-state index contributed by atoms with van der Waals surface area (Å²) in [6.45, 7) is 1.46. The van der Waals surface area contributed by atoms with Crippen molar-refractivity contribution in [2.75, 3.05) is 0 Å². The summed E-state index contributed by atoms with van der Waals surface area (Å²) >= 11 is 0. The molecule has 0 saturated heterocycles. The maximum absolute atomic E-state index is 14.4. The van der Waals surface area contributed by atoms with Crippen molar-refractivity contribution in [3.8, 4) is 17.9 Å². The average Bonchev–Trinajstić information content (AvgIpc) is 3.19. The van der Waals surface area contributed by atoms with Crippen LogP contribution in [0.1, 0.15) is 23.9 Å². The minimum absolute atomic E-state index is 0.00895. The summed E-state index contributed by atoms with van der Waals surface area (Å²) in [5.74, 6) is 3.22. The first kappa shape index (κ1) is 19.1. The number of hydrogen-bond acceptors (Lipinski definition) is 6. The predicted octanol–water partition coefficient (Wildman–Crippen LogP) is 1.79. The number of aliphatic hydroxyl groups is 1. The molecule has 0 bridgehead atoms. The maximum atomic E-state index is 14.4. The van der Waals surface area contributed by atoms with Gasteiger partial charge in [0, 0.05) is 24.0 Å². The smallest absolute Gasteiger partial charge is 0.232 e. The SMILES string of the molecule is C[C@@H](C#Cc1cnc(C#N)nc1)[C@](O)(Cn1cncn1)c1ccc(F)cc1F. The molecule has 0 aliphatic carbocycles. The van der Waals surface area contributed by atoms with Crippen LogP contribution in [0.2, 0.25) is 0 Å². The van der Waals surface area contributed by atoms with E-state index in [1.165, 1.54) is 35.8 Å². The number of rotatable bonds is 4. The summed E-state index contributed by atoms with van der Waals surface area (Å²) in [5, 5.41) is 24.0. The zero-order valence-corrected chi connectivity index (χ0v) is 14.7. The standard InChI is InChI=1S/C19H14F2N6O/c1-13(2-3-14-8-24-18(7-22)25-9-14)19(28,10-27-12-23-11-26-27)16-5-4-15(20)6-17(16)21/h4-6,8-9,11-13,28H,10H2,1H3/t13-,19+/m0/s1. The van der Waals surface area contributed by atoms with Crippen LogP contribution in [0.4, 0.5) is 8.78 Å². The molecule has 3 aromatic rings. The van der Waals surface area contributed by atoms with Crippen molar-refractivity contribution in [2.45, 2.75) is 19.1 Å². The van der Waals surface area contributed by atoms with Gasteiger partial charge in [0.1, 0.15) is 36.0 Å². The van der Waals surface area contributed by atoms with Gasteiger partial charge in [0.15, 0.2) is 0 Å². The lowest BCUT2D eigenvalue weighted by Crippen LogP contribution is -2.39. The van der Waals surface area contributed by atoms with E-state index in [9.17, 15) is 13.9 Å². The number of nitriles is 1. The Morgan fingerprint density at radius 1 is 1.29 bits per heavy atom. The second kappa shape index (κ2) is 7.91. The molecule has 0 saturated carbocycles. The van der Waals surface area contributed by atoms with Crippen LogP contribution in [-0.4, -0.2) is 29.8 Å². The van der Waals surface area contributed by atoms with Crippen molar-refractivity contribution < 1.29 is 13.9 Å². The van der Waals surface area contributed by atoms with Crippen molar-refractivity contribution >= 4 is 0 Å². The van der Waals surface area contributed by atoms with Crippen LogP contribution in [0.25, 0.3) is 0 Å². The number of aromatic nitrogens is 5. The van der Waals surface area contributed by atoms with E-state index in [1.54, 1.807) is 13.0 Å². The van der Waals surface area contributed by atoms with Crippen molar-refractivity contribution in [1.82, 2.24) is 24.7 Å². The molecule has 0 spiro atoms. The summed E-state index contributed by atoms with van der Waals surface area (Å²) in [5.41, 5.74) is -1.50.